The van der Waals surface area contributed by atoms with Gasteiger partial charge >= 0.3 is 0 Å². The van der Waals surface area contributed by atoms with E-state index in [0.717, 1.165) is 18.7 Å². The summed E-state index contributed by atoms with van der Waals surface area (Å²) in [6.07, 6.45) is 6.00. The van der Waals surface area contributed by atoms with Crippen molar-refractivity contribution in [1.82, 2.24) is 25.3 Å². The molecule has 0 amide bonds. The topological polar surface area (TPSA) is 92.9 Å². The number of anilines is 3. The first-order valence-corrected chi connectivity index (χ1v) is 7.21. The Morgan fingerprint density at radius 2 is 2.04 bits per heavy atom. The number of hydrogen-bond acceptors (Lipinski definition) is 8. The summed E-state index contributed by atoms with van der Waals surface area (Å²) in [5.74, 6) is 2.43. The largest absolute Gasteiger partial charge is 0.360 e. The molecule has 0 saturated carbocycles. The summed E-state index contributed by atoms with van der Waals surface area (Å²) in [5, 5.41) is 15.0. The summed E-state index contributed by atoms with van der Waals surface area (Å²) in [6, 6.07) is 5.78. The number of pyridine rings is 1. The molecule has 3 rings (SSSR count). The molecule has 0 atom stereocenters. The van der Waals surface area contributed by atoms with Crippen LogP contribution in [-0.4, -0.2) is 38.9 Å². The molecule has 0 fully saturated rings. The van der Waals surface area contributed by atoms with Gasteiger partial charge in [0.15, 0.2) is 11.6 Å². The van der Waals surface area contributed by atoms with E-state index in [4.69, 9.17) is 4.52 Å². The molecular weight excluding hydrogens is 294 g/mol. The van der Waals surface area contributed by atoms with Gasteiger partial charge in [0, 0.05) is 32.1 Å². The highest BCUT2D eigenvalue weighted by molar-refractivity contribution is 5.51. The van der Waals surface area contributed by atoms with Crippen molar-refractivity contribution in [3.05, 3.63) is 48.1 Å². The Labute approximate surface area is 133 Å². The van der Waals surface area contributed by atoms with Crippen molar-refractivity contribution in [1.29, 1.82) is 0 Å². The molecular formula is C15H17N7O. The van der Waals surface area contributed by atoms with Gasteiger partial charge in [-0.1, -0.05) is 5.16 Å². The summed E-state index contributed by atoms with van der Waals surface area (Å²) in [5.41, 5.74) is 1.21. The molecule has 0 aliphatic rings. The first-order valence-electron chi connectivity index (χ1n) is 7.21. The summed E-state index contributed by atoms with van der Waals surface area (Å²) >= 11 is 0. The van der Waals surface area contributed by atoms with E-state index < -0.39 is 0 Å². The Bertz CT molecular complexity index is 759. The minimum atomic E-state index is 0.546. The first kappa shape index (κ1) is 14.9. The van der Waals surface area contributed by atoms with Crippen LogP contribution in [0.25, 0.3) is 0 Å². The van der Waals surface area contributed by atoms with E-state index in [1.807, 2.05) is 31.0 Å². The third-order valence-electron chi connectivity index (χ3n) is 3.26. The number of nitrogens with zero attached hydrogens (tertiary/aromatic N) is 6. The van der Waals surface area contributed by atoms with Crippen LogP contribution in [-0.2, 0) is 6.42 Å². The van der Waals surface area contributed by atoms with Crippen LogP contribution in [0.1, 0.15) is 11.3 Å². The van der Waals surface area contributed by atoms with Crippen LogP contribution in [0, 0.1) is 6.92 Å². The number of aromatic nitrogens is 5. The van der Waals surface area contributed by atoms with Gasteiger partial charge in [-0.25, -0.2) is 0 Å². The van der Waals surface area contributed by atoms with Crippen LogP contribution in [0.15, 0.2) is 41.3 Å². The molecule has 0 saturated heterocycles. The summed E-state index contributed by atoms with van der Waals surface area (Å²) < 4.78 is 5.01. The molecule has 3 heterocycles. The molecule has 8 heteroatoms. The van der Waals surface area contributed by atoms with Crippen molar-refractivity contribution < 1.29 is 4.52 Å². The zero-order valence-electron chi connectivity index (χ0n) is 13.0. The molecule has 0 aliphatic carbocycles. The second-order valence-corrected chi connectivity index (χ2v) is 5.12. The number of nitrogens with one attached hydrogen (secondary N) is 1. The lowest BCUT2D eigenvalue weighted by Gasteiger charge is -2.16. The van der Waals surface area contributed by atoms with E-state index in [9.17, 15) is 0 Å². The molecule has 0 bridgehead atoms. The lowest BCUT2D eigenvalue weighted by molar-refractivity contribution is 0.400. The molecule has 118 valence electrons. The molecule has 0 radical (unpaired) electrons. The maximum atomic E-state index is 5.01. The van der Waals surface area contributed by atoms with E-state index >= 15 is 0 Å². The molecule has 3 aromatic rings. The Balaban J connectivity index is 1.64. The van der Waals surface area contributed by atoms with E-state index in [1.54, 1.807) is 24.7 Å². The smallest absolute Gasteiger partial charge is 0.247 e. The predicted molar refractivity (Wildman–Crippen MR) is 85.6 cm³/mol. The highest BCUT2D eigenvalue weighted by atomic mass is 16.5. The molecule has 0 aromatic carbocycles. The van der Waals surface area contributed by atoms with Crippen molar-refractivity contribution in [2.45, 2.75) is 13.3 Å². The monoisotopic (exact) mass is 311 g/mol. The van der Waals surface area contributed by atoms with E-state index in [2.05, 4.69) is 30.6 Å². The van der Waals surface area contributed by atoms with Gasteiger partial charge in [0.25, 0.3) is 0 Å². The molecule has 23 heavy (non-hydrogen) atoms. The quantitative estimate of drug-likeness (QED) is 0.738. The number of rotatable bonds is 6. The van der Waals surface area contributed by atoms with Crippen LogP contribution in [0.5, 0.6) is 0 Å². The molecule has 0 unspecified atom stereocenters. The molecule has 1 N–H and O–H groups in total. The van der Waals surface area contributed by atoms with Crippen LogP contribution < -0.4 is 10.2 Å². The van der Waals surface area contributed by atoms with Gasteiger partial charge in [0.05, 0.1) is 6.20 Å². The molecule has 0 aliphatic heterocycles. The van der Waals surface area contributed by atoms with E-state index in [-0.39, 0.29) is 0 Å². The summed E-state index contributed by atoms with van der Waals surface area (Å²) in [6.45, 7) is 2.60. The average Bonchev–Trinajstić information content (AvgIpc) is 2.99. The highest BCUT2D eigenvalue weighted by Crippen LogP contribution is 2.15. The lowest BCUT2D eigenvalue weighted by Crippen LogP contribution is -2.23. The van der Waals surface area contributed by atoms with Crippen molar-refractivity contribution in [2.24, 2.45) is 0 Å². The van der Waals surface area contributed by atoms with Crippen molar-refractivity contribution in [3.8, 4) is 0 Å². The minimum absolute atomic E-state index is 0.546. The molecule has 3 aromatic heterocycles. The van der Waals surface area contributed by atoms with Crippen LogP contribution in [0.4, 0.5) is 17.6 Å². The second kappa shape index (κ2) is 6.82. The number of hydrogen-bond donors (Lipinski definition) is 1. The van der Waals surface area contributed by atoms with Crippen molar-refractivity contribution in [2.75, 3.05) is 23.8 Å². The third-order valence-corrected chi connectivity index (χ3v) is 3.26. The van der Waals surface area contributed by atoms with Gasteiger partial charge in [0.1, 0.15) is 5.76 Å². The van der Waals surface area contributed by atoms with Crippen molar-refractivity contribution in [3.63, 3.8) is 0 Å². The predicted octanol–water partition coefficient (Wildman–Crippen LogP) is 1.99. The lowest BCUT2D eigenvalue weighted by atomic mass is 10.2. The normalized spacial score (nSPS) is 10.5. The summed E-state index contributed by atoms with van der Waals surface area (Å²) in [7, 11) is 1.93. The molecule has 0 spiro atoms. The Morgan fingerprint density at radius 1 is 1.22 bits per heavy atom. The van der Waals surface area contributed by atoms with Gasteiger partial charge < -0.3 is 14.7 Å². The Morgan fingerprint density at radius 3 is 2.78 bits per heavy atom. The van der Waals surface area contributed by atoms with Gasteiger partial charge in [-0.3, -0.25) is 4.98 Å². The maximum Gasteiger partial charge on any atom is 0.247 e. The average molecular weight is 311 g/mol. The van der Waals surface area contributed by atoms with Crippen LogP contribution in [0.2, 0.25) is 0 Å². The van der Waals surface area contributed by atoms with Crippen LogP contribution in [0.3, 0.4) is 0 Å². The van der Waals surface area contributed by atoms with Gasteiger partial charge in [-0.15, -0.1) is 5.10 Å². The number of aryl methyl sites for hydroxylation is 1. The Kier molecular flexibility index (Phi) is 4.41. The van der Waals surface area contributed by atoms with Gasteiger partial charge in [0.2, 0.25) is 5.95 Å². The van der Waals surface area contributed by atoms with Gasteiger partial charge in [-0.2, -0.15) is 10.1 Å². The second-order valence-electron chi connectivity index (χ2n) is 5.12. The third kappa shape index (κ3) is 4.00. The number of likely N-dealkylation sites (N-methyl/N-ethyl adjacent to an activating group) is 1. The first-order chi connectivity index (χ1) is 11.2. The highest BCUT2D eigenvalue weighted by Gasteiger charge is 2.08. The van der Waals surface area contributed by atoms with E-state index in [0.29, 0.717) is 17.6 Å². The Hall–Kier alpha value is -3.03. The zero-order valence-corrected chi connectivity index (χ0v) is 13.0. The molecule has 8 nitrogen and oxygen atoms in total. The van der Waals surface area contributed by atoms with Crippen molar-refractivity contribution >= 4 is 17.6 Å². The maximum absolute atomic E-state index is 5.01. The standard InChI is InChI=1S/C15H17N7O/c1-11-9-13(21-23-11)18-14-10-17-20-15(19-14)22(2)8-5-12-3-6-16-7-4-12/h3-4,6-7,9-10H,5,8H2,1-2H3,(H,18,19,20,21). The minimum Gasteiger partial charge on any atom is -0.360 e. The van der Waals surface area contributed by atoms with E-state index in [1.165, 1.54) is 5.56 Å². The van der Waals surface area contributed by atoms with Crippen LogP contribution >= 0.6 is 0 Å². The fourth-order valence-corrected chi connectivity index (χ4v) is 2.02. The fourth-order valence-electron chi connectivity index (χ4n) is 2.02. The SMILES string of the molecule is Cc1cc(Nc2cnnc(N(C)CCc3ccncc3)n2)no1. The fraction of sp³-hybridized carbons (Fsp3) is 0.267. The van der Waals surface area contributed by atoms with Gasteiger partial charge in [-0.05, 0) is 31.0 Å². The summed E-state index contributed by atoms with van der Waals surface area (Å²) in [4.78, 5) is 10.4. The zero-order chi connectivity index (χ0) is 16.1.